The van der Waals surface area contributed by atoms with Gasteiger partial charge in [0.25, 0.3) is 0 Å². The summed E-state index contributed by atoms with van der Waals surface area (Å²) in [6, 6.07) is 14.6. The molecule has 0 amide bonds. The van der Waals surface area contributed by atoms with Gasteiger partial charge in [-0.05, 0) is 72.9 Å². The number of carboxylic acid groups (broad SMARTS) is 1. The van der Waals surface area contributed by atoms with Gasteiger partial charge in [-0.1, -0.05) is 75.8 Å². The standard InChI is InChI=1S/C30H40O5/c1-23(22-31)7-3-2-4-8-24(19-26-13-16-28(32)17-14-26)9-5-10-25(15-18-30(34)35)20-27-11-6-12-29(33)21-27/h6,11-18,21-25,32-33H,2-5,7-10,19-20H2,1H3,(H,34,35)/t23-,24+,25+/m0/s1. The molecule has 2 aromatic carbocycles. The highest BCUT2D eigenvalue weighted by Gasteiger charge is 2.13. The highest BCUT2D eigenvalue weighted by atomic mass is 16.4. The van der Waals surface area contributed by atoms with Crippen LogP contribution >= 0.6 is 0 Å². The van der Waals surface area contributed by atoms with Crippen molar-refractivity contribution in [2.24, 2.45) is 17.8 Å². The van der Waals surface area contributed by atoms with Crippen LogP contribution in [-0.4, -0.2) is 27.6 Å². The third-order valence-corrected chi connectivity index (χ3v) is 6.57. The fraction of sp³-hybridized carbons (Fsp3) is 0.467. The number of phenols is 2. The fourth-order valence-corrected chi connectivity index (χ4v) is 4.60. The van der Waals surface area contributed by atoms with Crippen LogP contribution in [0.25, 0.3) is 0 Å². The number of aldehydes is 1. The van der Waals surface area contributed by atoms with Crippen LogP contribution < -0.4 is 0 Å². The lowest BCUT2D eigenvalue weighted by molar-refractivity contribution is -0.131. The number of carboxylic acids is 1. The Balaban J connectivity index is 1.94. The molecule has 0 aliphatic heterocycles. The predicted octanol–water partition coefficient (Wildman–Crippen LogP) is 6.71. The highest BCUT2D eigenvalue weighted by Crippen LogP contribution is 2.26. The van der Waals surface area contributed by atoms with Crippen molar-refractivity contribution in [3.8, 4) is 11.5 Å². The zero-order valence-corrected chi connectivity index (χ0v) is 20.8. The molecule has 0 aromatic heterocycles. The van der Waals surface area contributed by atoms with E-state index in [1.54, 1.807) is 30.3 Å². The molecule has 0 fully saturated rings. The van der Waals surface area contributed by atoms with E-state index in [-0.39, 0.29) is 23.3 Å². The molecule has 2 aromatic rings. The number of aromatic hydroxyl groups is 2. The summed E-state index contributed by atoms with van der Waals surface area (Å²) in [7, 11) is 0. The van der Waals surface area contributed by atoms with E-state index in [0.29, 0.717) is 12.3 Å². The Morgan fingerprint density at radius 1 is 0.829 bits per heavy atom. The van der Waals surface area contributed by atoms with E-state index >= 15 is 0 Å². The molecule has 0 bridgehead atoms. The highest BCUT2D eigenvalue weighted by molar-refractivity contribution is 5.79. The van der Waals surface area contributed by atoms with E-state index in [9.17, 15) is 19.8 Å². The lowest BCUT2D eigenvalue weighted by Gasteiger charge is -2.19. The van der Waals surface area contributed by atoms with Gasteiger partial charge in [0, 0.05) is 12.0 Å². The van der Waals surface area contributed by atoms with Gasteiger partial charge < -0.3 is 20.1 Å². The lowest BCUT2D eigenvalue weighted by Crippen LogP contribution is -2.08. The predicted molar refractivity (Wildman–Crippen MR) is 140 cm³/mol. The van der Waals surface area contributed by atoms with Crippen LogP contribution in [0.1, 0.15) is 69.4 Å². The molecule has 0 saturated heterocycles. The summed E-state index contributed by atoms with van der Waals surface area (Å²) >= 11 is 0. The van der Waals surface area contributed by atoms with Crippen molar-refractivity contribution in [3.05, 3.63) is 71.8 Å². The minimum absolute atomic E-state index is 0.0899. The van der Waals surface area contributed by atoms with Gasteiger partial charge in [-0.2, -0.15) is 0 Å². The van der Waals surface area contributed by atoms with Crippen LogP contribution in [0.2, 0.25) is 0 Å². The summed E-state index contributed by atoms with van der Waals surface area (Å²) < 4.78 is 0. The average molecular weight is 481 g/mol. The van der Waals surface area contributed by atoms with Gasteiger partial charge in [0.2, 0.25) is 0 Å². The van der Waals surface area contributed by atoms with Gasteiger partial charge >= 0.3 is 5.97 Å². The fourth-order valence-electron chi connectivity index (χ4n) is 4.60. The van der Waals surface area contributed by atoms with E-state index < -0.39 is 5.97 Å². The van der Waals surface area contributed by atoms with Crippen LogP contribution in [0.4, 0.5) is 0 Å². The third-order valence-electron chi connectivity index (χ3n) is 6.57. The van der Waals surface area contributed by atoms with Crippen molar-refractivity contribution < 1.29 is 24.9 Å². The van der Waals surface area contributed by atoms with E-state index in [1.807, 2.05) is 31.2 Å². The Morgan fingerprint density at radius 3 is 2.23 bits per heavy atom. The zero-order valence-electron chi connectivity index (χ0n) is 20.8. The Morgan fingerprint density at radius 2 is 1.54 bits per heavy atom. The van der Waals surface area contributed by atoms with Crippen molar-refractivity contribution in [1.82, 2.24) is 0 Å². The second kappa shape index (κ2) is 15.8. The van der Waals surface area contributed by atoms with Gasteiger partial charge in [0.1, 0.15) is 17.8 Å². The van der Waals surface area contributed by atoms with Gasteiger partial charge in [-0.3, -0.25) is 0 Å². The molecule has 0 heterocycles. The number of unbranched alkanes of at least 4 members (excludes halogenated alkanes) is 2. The summed E-state index contributed by atoms with van der Waals surface area (Å²) in [6.07, 6.45) is 13.9. The summed E-state index contributed by atoms with van der Waals surface area (Å²) in [5.74, 6) is 0.277. The maximum Gasteiger partial charge on any atom is 0.327 e. The van der Waals surface area contributed by atoms with Crippen LogP contribution in [0, 0.1) is 17.8 Å². The summed E-state index contributed by atoms with van der Waals surface area (Å²) in [4.78, 5) is 21.9. The second-order valence-electron chi connectivity index (χ2n) is 9.75. The minimum atomic E-state index is -0.944. The second-order valence-corrected chi connectivity index (χ2v) is 9.75. The Labute approximate surface area is 209 Å². The van der Waals surface area contributed by atoms with E-state index in [2.05, 4.69) is 0 Å². The van der Waals surface area contributed by atoms with E-state index in [4.69, 9.17) is 5.11 Å². The van der Waals surface area contributed by atoms with Crippen LogP contribution in [0.5, 0.6) is 11.5 Å². The maximum atomic E-state index is 11.1. The monoisotopic (exact) mass is 480 g/mol. The van der Waals surface area contributed by atoms with Gasteiger partial charge in [-0.15, -0.1) is 0 Å². The normalized spacial score (nSPS) is 14.0. The first-order valence-corrected chi connectivity index (χ1v) is 12.8. The number of carbonyl (C=O) groups is 2. The summed E-state index contributed by atoms with van der Waals surface area (Å²) in [5.41, 5.74) is 2.21. The first kappa shape index (κ1) is 28.2. The Bertz CT molecular complexity index is 919. The number of rotatable bonds is 17. The Hall–Kier alpha value is -3.08. The van der Waals surface area contributed by atoms with Crippen molar-refractivity contribution in [2.75, 3.05) is 0 Å². The molecule has 0 unspecified atom stereocenters. The molecule has 0 aliphatic carbocycles. The topological polar surface area (TPSA) is 94.8 Å². The first-order valence-electron chi connectivity index (χ1n) is 12.8. The number of benzene rings is 2. The number of hydrogen-bond acceptors (Lipinski definition) is 4. The number of phenolic OH excluding ortho intramolecular Hbond substituents is 2. The van der Waals surface area contributed by atoms with Crippen LogP contribution in [0.3, 0.4) is 0 Å². The van der Waals surface area contributed by atoms with Crippen LogP contribution in [-0.2, 0) is 22.4 Å². The third kappa shape index (κ3) is 12.3. The smallest absolute Gasteiger partial charge is 0.327 e. The van der Waals surface area contributed by atoms with Crippen molar-refractivity contribution in [2.45, 2.75) is 71.1 Å². The van der Waals surface area contributed by atoms with E-state index in [1.165, 1.54) is 11.6 Å². The Kier molecular flexibility index (Phi) is 12.7. The molecular formula is C30H40O5. The molecule has 3 N–H and O–H groups in total. The quantitative estimate of drug-likeness (QED) is 0.133. The molecule has 0 saturated carbocycles. The molecule has 0 spiro atoms. The van der Waals surface area contributed by atoms with Gasteiger partial charge in [0.15, 0.2) is 0 Å². The molecule has 190 valence electrons. The van der Waals surface area contributed by atoms with Gasteiger partial charge in [-0.25, -0.2) is 4.79 Å². The average Bonchev–Trinajstić information content (AvgIpc) is 2.83. The SMILES string of the molecule is C[C@H](C=O)CCCCC[C@H](CCC[C@H](C=CC(=O)O)Cc1cccc(O)c1)Cc1ccc(O)cc1. The van der Waals surface area contributed by atoms with Crippen molar-refractivity contribution in [1.29, 1.82) is 0 Å². The molecule has 5 nitrogen and oxygen atoms in total. The number of hydrogen-bond donors (Lipinski definition) is 3. The molecule has 35 heavy (non-hydrogen) atoms. The molecule has 0 radical (unpaired) electrons. The first-order chi connectivity index (χ1) is 16.9. The van der Waals surface area contributed by atoms with E-state index in [0.717, 1.165) is 69.6 Å². The molecule has 3 atom stereocenters. The van der Waals surface area contributed by atoms with Crippen molar-refractivity contribution >= 4 is 12.3 Å². The molecule has 0 aliphatic rings. The van der Waals surface area contributed by atoms with Crippen LogP contribution in [0.15, 0.2) is 60.7 Å². The molecular weight excluding hydrogens is 440 g/mol. The number of carbonyl (C=O) groups excluding carboxylic acids is 1. The minimum Gasteiger partial charge on any atom is -0.508 e. The summed E-state index contributed by atoms with van der Waals surface area (Å²) in [5, 5.41) is 28.5. The van der Waals surface area contributed by atoms with Gasteiger partial charge in [0.05, 0.1) is 0 Å². The summed E-state index contributed by atoms with van der Waals surface area (Å²) in [6.45, 7) is 1.96. The maximum absolute atomic E-state index is 11.1. The number of aliphatic carboxylic acids is 1. The number of allylic oxidation sites excluding steroid dienone is 1. The molecule has 5 heteroatoms. The lowest BCUT2D eigenvalue weighted by atomic mass is 9.86. The molecule has 2 rings (SSSR count). The van der Waals surface area contributed by atoms with Crippen molar-refractivity contribution in [3.63, 3.8) is 0 Å². The zero-order chi connectivity index (χ0) is 25.5. The largest absolute Gasteiger partial charge is 0.508 e.